The van der Waals surface area contributed by atoms with Crippen LogP contribution in [0.4, 0.5) is 0 Å². The lowest BCUT2D eigenvalue weighted by Crippen LogP contribution is -2.04. The van der Waals surface area contributed by atoms with Crippen molar-refractivity contribution < 1.29 is 4.74 Å². The van der Waals surface area contributed by atoms with E-state index in [0.717, 1.165) is 28.8 Å². The maximum atomic E-state index is 5.92. The van der Waals surface area contributed by atoms with Crippen LogP contribution in [0.25, 0.3) is 10.9 Å². The summed E-state index contributed by atoms with van der Waals surface area (Å²) in [5.74, 6) is 1.47. The number of hydrogen-bond acceptors (Lipinski definition) is 3. The third kappa shape index (κ3) is 3.03. The zero-order valence-electron chi connectivity index (χ0n) is 12.3. The van der Waals surface area contributed by atoms with Crippen molar-refractivity contribution in [2.45, 2.75) is 13.5 Å². The summed E-state index contributed by atoms with van der Waals surface area (Å²) in [6, 6.07) is 18.2. The highest BCUT2D eigenvalue weighted by Crippen LogP contribution is 2.26. The van der Waals surface area contributed by atoms with Crippen molar-refractivity contribution in [2.24, 2.45) is 0 Å². The minimum Gasteiger partial charge on any atom is -0.439 e. The van der Waals surface area contributed by atoms with Crippen LogP contribution in [-0.2, 0) is 6.54 Å². The van der Waals surface area contributed by atoms with Gasteiger partial charge in [0.15, 0.2) is 0 Å². The summed E-state index contributed by atoms with van der Waals surface area (Å²) in [6.07, 6.45) is 0. The minimum absolute atomic E-state index is 0.662. The Labute approximate surface area is 124 Å². The number of hydrogen-bond donors (Lipinski definition) is 1. The van der Waals surface area contributed by atoms with Gasteiger partial charge in [-0.1, -0.05) is 30.3 Å². The van der Waals surface area contributed by atoms with Crippen LogP contribution in [0.5, 0.6) is 11.6 Å². The molecule has 0 atom stereocenters. The number of pyridine rings is 1. The number of aromatic nitrogens is 1. The highest BCUT2D eigenvalue weighted by molar-refractivity contribution is 5.80. The van der Waals surface area contributed by atoms with E-state index in [1.807, 2.05) is 44.3 Å². The smallest absolute Gasteiger partial charge is 0.222 e. The van der Waals surface area contributed by atoms with Gasteiger partial charge >= 0.3 is 0 Å². The number of ether oxygens (including phenoxy) is 1. The van der Waals surface area contributed by atoms with Gasteiger partial charge in [-0.25, -0.2) is 4.98 Å². The summed E-state index contributed by atoms with van der Waals surface area (Å²) in [4.78, 5) is 4.59. The Morgan fingerprint density at radius 3 is 2.57 bits per heavy atom. The van der Waals surface area contributed by atoms with Crippen LogP contribution in [0.3, 0.4) is 0 Å². The summed E-state index contributed by atoms with van der Waals surface area (Å²) in [6.45, 7) is 2.87. The molecule has 0 fully saturated rings. The molecule has 0 radical (unpaired) electrons. The molecule has 1 N–H and O–H groups in total. The van der Waals surface area contributed by atoms with Gasteiger partial charge in [0.1, 0.15) is 5.75 Å². The SMILES string of the molecule is CNCc1ccc(Oc2nc3ccccc3cc2C)cc1. The van der Waals surface area contributed by atoms with Crippen molar-refractivity contribution in [3.8, 4) is 11.6 Å². The summed E-state index contributed by atoms with van der Waals surface area (Å²) < 4.78 is 5.92. The highest BCUT2D eigenvalue weighted by atomic mass is 16.5. The first kappa shape index (κ1) is 13.6. The molecule has 0 amide bonds. The number of nitrogens with zero attached hydrogens (tertiary/aromatic N) is 1. The summed E-state index contributed by atoms with van der Waals surface area (Å²) in [5, 5.41) is 4.26. The van der Waals surface area contributed by atoms with E-state index in [9.17, 15) is 0 Å². The predicted octanol–water partition coefficient (Wildman–Crippen LogP) is 4.05. The van der Waals surface area contributed by atoms with Crippen molar-refractivity contribution in [1.82, 2.24) is 10.3 Å². The molecule has 3 rings (SSSR count). The Morgan fingerprint density at radius 2 is 1.81 bits per heavy atom. The lowest BCUT2D eigenvalue weighted by Gasteiger charge is -2.09. The molecule has 0 aliphatic heterocycles. The van der Waals surface area contributed by atoms with Crippen LogP contribution in [0.15, 0.2) is 54.6 Å². The molecule has 3 heteroatoms. The fourth-order valence-electron chi connectivity index (χ4n) is 2.30. The summed E-state index contributed by atoms with van der Waals surface area (Å²) in [5.41, 5.74) is 3.21. The van der Waals surface area contributed by atoms with E-state index in [1.54, 1.807) is 0 Å². The molecular formula is C18H18N2O. The van der Waals surface area contributed by atoms with Crippen LogP contribution in [0, 0.1) is 6.92 Å². The molecule has 0 saturated carbocycles. The van der Waals surface area contributed by atoms with Crippen LogP contribution >= 0.6 is 0 Å². The van der Waals surface area contributed by atoms with Gasteiger partial charge in [0.25, 0.3) is 0 Å². The molecule has 106 valence electrons. The first-order valence-electron chi connectivity index (χ1n) is 7.04. The lowest BCUT2D eigenvalue weighted by molar-refractivity contribution is 0.461. The number of aryl methyl sites for hydroxylation is 1. The largest absolute Gasteiger partial charge is 0.439 e. The number of benzene rings is 2. The van der Waals surface area contributed by atoms with Gasteiger partial charge in [-0.05, 0) is 43.8 Å². The van der Waals surface area contributed by atoms with Gasteiger partial charge in [-0.3, -0.25) is 0 Å². The topological polar surface area (TPSA) is 34.1 Å². The summed E-state index contributed by atoms with van der Waals surface area (Å²) >= 11 is 0. The Morgan fingerprint density at radius 1 is 1.05 bits per heavy atom. The van der Waals surface area contributed by atoms with Crippen LogP contribution in [0.2, 0.25) is 0 Å². The predicted molar refractivity (Wildman–Crippen MR) is 85.8 cm³/mol. The number of fused-ring (bicyclic) bond motifs is 1. The molecule has 0 aliphatic carbocycles. The molecule has 0 spiro atoms. The Kier molecular flexibility index (Phi) is 3.84. The average Bonchev–Trinajstić information content (AvgIpc) is 2.50. The lowest BCUT2D eigenvalue weighted by atomic mass is 10.1. The molecule has 3 nitrogen and oxygen atoms in total. The molecule has 2 aromatic carbocycles. The van der Waals surface area contributed by atoms with E-state index in [-0.39, 0.29) is 0 Å². The van der Waals surface area contributed by atoms with Gasteiger partial charge in [-0.15, -0.1) is 0 Å². The molecular weight excluding hydrogens is 260 g/mol. The molecule has 21 heavy (non-hydrogen) atoms. The van der Waals surface area contributed by atoms with Crippen molar-refractivity contribution in [2.75, 3.05) is 7.05 Å². The van der Waals surface area contributed by atoms with E-state index in [4.69, 9.17) is 4.74 Å². The molecule has 3 aromatic rings. The van der Waals surface area contributed by atoms with Gasteiger partial charge in [0, 0.05) is 17.5 Å². The Balaban J connectivity index is 1.88. The minimum atomic E-state index is 0.662. The van der Waals surface area contributed by atoms with E-state index >= 15 is 0 Å². The van der Waals surface area contributed by atoms with Crippen LogP contribution in [-0.4, -0.2) is 12.0 Å². The molecule has 0 unspecified atom stereocenters. The maximum absolute atomic E-state index is 5.92. The van der Waals surface area contributed by atoms with Crippen molar-refractivity contribution in [3.63, 3.8) is 0 Å². The van der Waals surface area contributed by atoms with E-state index < -0.39 is 0 Å². The highest BCUT2D eigenvalue weighted by Gasteiger charge is 2.06. The second-order valence-corrected chi connectivity index (χ2v) is 5.08. The first-order chi connectivity index (χ1) is 10.3. The normalized spacial score (nSPS) is 10.8. The fraction of sp³-hybridized carbons (Fsp3) is 0.167. The molecule has 1 aromatic heterocycles. The van der Waals surface area contributed by atoms with Crippen LogP contribution in [0.1, 0.15) is 11.1 Å². The standard InChI is InChI=1S/C18H18N2O/c1-13-11-15-5-3-4-6-17(15)20-18(13)21-16-9-7-14(8-10-16)12-19-2/h3-11,19H,12H2,1-2H3. The second-order valence-electron chi connectivity index (χ2n) is 5.08. The molecule has 1 heterocycles. The van der Waals surface area contributed by atoms with Gasteiger partial charge in [-0.2, -0.15) is 0 Å². The van der Waals surface area contributed by atoms with E-state index in [2.05, 4.69) is 34.6 Å². The quantitative estimate of drug-likeness (QED) is 0.781. The number of para-hydroxylation sites is 1. The van der Waals surface area contributed by atoms with Gasteiger partial charge in [0.05, 0.1) is 5.52 Å². The zero-order valence-corrected chi connectivity index (χ0v) is 12.3. The Bertz CT molecular complexity index is 751. The molecule has 0 aliphatic rings. The van der Waals surface area contributed by atoms with Crippen molar-refractivity contribution >= 4 is 10.9 Å². The molecule has 0 saturated heterocycles. The van der Waals surface area contributed by atoms with Gasteiger partial charge in [0.2, 0.25) is 5.88 Å². The number of rotatable bonds is 4. The third-order valence-electron chi connectivity index (χ3n) is 3.39. The second kappa shape index (κ2) is 5.94. The maximum Gasteiger partial charge on any atom is 0.222 e. The van der Waals surface area contributed by atoms with Gasteiger partial charge < -0.3 is 10.1 Å². The molecule has 0 bridgehead atoms. The summed E-state index contributed by atoms with van der Waals surface area (Å²) in [7, 11) is 1.94. The monoisotopic (exact) mass is 278 g/mol. The van der Waals surface area contributed by atoms with Crippen molar-refractivity contribution in [3.05, 3.63) is 65.7 Å². The fourth-order valence-corrected chi connectivity index (χ4v) is 2.30. The first-order valence-corrected chi connectivity index (χ1v) is 7.04. The average molecular weight is 278 g/mol. The number of nitrogens with one attached hydrogen (secondary N) is 1. The third-order valence-corrected chi connectivity index (χ3v) is 3.39. The van der Waals surface area contributed by atoms with E-state index in [0.29, 0.717) is 5.88 Å². The Hall–Kier alpha value is -2.39. The van der Waals surface area contributed by atoms with E-state index in [1.165, 1.54) is 5.56 Å². The zero-order chi connectivity index (χ0) is 14.7. The van der Waals surface area contributed by atoms with Crippen molar-refractivity contribution in [1.29, 1.82) is 0 Å². The van der Waals surface area contributed by atoms with Crippen LogP contribution < -0.4 is 10.1 Å².